The number of halogens is 3. The molecule has 20 heavy (non-hydrogen) atoms. The van der Waals surface area contributed by atoms with E-state index in [-0.39, 0.29) is 0 Å². The monoisotopic (exact) mass is 415 g/mol. The van der Waals surface area contributed by atoms with Crippen LogP contribution in [-0.2, 0) is 0 Å². The van der Waals surface area contributed by atoms with Crippen LogP contribution in [0, 0.1) is 0 Å². The van der Waals surface area contributed by atoms with Gasteiger partial charge in [-0.1, -0.05) is 53.5 Å². The highest BCUT2D eigenvalue weighted by Crippen LogP contribution is 2.38. The summed E-state index contributed by atoms with van der Waals surface area (Å²) in [7, 11) is 0. The average Bonchev–Trinajstić information content (AvgIpc) is 2.49. The molecule has 0 amide bonds. The zero-order chi connectivity index (χ0) is 14.1. The molecule has 0 bridgehead atoms. The van der Waals surface area contributed by atoms with Crippen LogP contribution in [-0.4, -0.2) is 5.71 Å². The molecule has 0 aromatic heterocycles. The van der Waals surface area contributed by atoms with Gasteiger partial charge in [0.1, 0.15) is 0 Å². The summed E-state index contributed by atoms with van der Waals surface area (Å²) in [5.74, 6) is 0.364. The van der Waals surface area contributed by atoms with Gasteiger partial charge in [0.05, 0.1) is 38.6 Å². The molecule has 0 heterocycles. The Bertz CT molecular complexity index is 682. The highest BCUT2D eigenvalue weighted by molar-refractivity contribution is 14.1. The molecule has 1 nitrogen and oxygen atoms in total. The van der Waals surface area contributed by atoms with E-state index < -0.39 is 0 Å². The molecule has 0 N–H and O–H groups in total. The molecule has 102 valence electrons. The summed E-state index contributed by atoms with van der Waals surface area (Å²) in [4.78, 5) is 0. The molecule has 1 unspecified atom stereocenters. The standard InChI is InChI=1S/C16H12Cl2IN/c17-14-7-5-10(9-15(14)18)11-6-8-16(20-19)13-4-2-1-3-12(11)13/h1-5,7,9,11H,6,8H2/b20-16+. The van der Waals surface area contributed by atoms with E-state index in [4.69, 9.17) is 23.2 Å². The summed E-state index contributed by atoms with van der Waals surface area (Å²) < 4.78 is 4.39. The van der Waals surface area contributed by atoms with Crippen LogP contribution in [0.4, 0.5) is 0 Å². The molecule has 2 aromatic rings. The lowest BCUT2D eigenvalue weighted by atomic mass is 9.78. The van der Waals surface area contributed by atoms with Crippen LogP contribution >= 0.6 is 46.1 Å². The normalized spacial score (nSPS) is 19.9. The van der Waals surface area contributed by atoms with Crippen LogP contribution < -0.4 is 0 Å². The number of rotatable bonds is 1. The molecule has 0 aliphatic heterocycles. The van der Waals surface area contributed by atoms with Gasteiger partial charge in [0.25, 0.3) is 0 Å². The Labute approximate surface area is 142 Å². The molecule has 0 fully saturated rings. The van der Waals surface area contributed by atoms with Gasteiger partial charge >= 0.3 is 0 Å². The van der Waals surface area contributed by atoms with E-state index in [2.05, 4.69) is 56.4 Å². The van der Waals surface area contributed by atoms with Crippen molar-refractivity contribution in [1.29, 1.82) is 0 Å². The van der Waals surface area contributed by atoms with E-state index in [1.54, 1.807) is 0 Å². The van der Waals surface area contributed by atoms with Crippen LogP contribution in [0.25, 0.3) is 0 Å². The maximum absolute atomic E-state index is 6.16. The van der Waals surface area contributed by atoms with Gasteiger partial charge in [0.2, 0.25) is 0 Å². The lowest BCUT2D eigenvalue weighted by Crippen LogP contribution is -2.16. The van der Waals surface area contributed by atoms with Crippen molar-refractivity contribution in [2.75, 3.05) is 0 Å². The van der Waals surface area contributed by atoms with E-state index in [0.717, 1.165) is 12.8 Å². The molecular weight excluding hydrogens is 404 g/mol. The van der Waals surface area contributed by atoms with Crippen molar-refractivity contribution in [2.24, 2.45) is 3.21 Å². The average molecular weight is 416 g/mol. The van der Waals surface area contributed by atoms with Crippen molar-refractivity contribution >= 4 is 51.8 Å². The predicted octanol–water partition coefficient (Wildman–Crippen LogP) is 6.06. The summed E-state index contributed by atoms with van der Waals surface area (Å²) in [6.07, 6.45) is 2.04. The first kappa shape index (κ1) is 14.4. The van der Waals surface area contributed by atoms with Gasteiger partial charge in [0.15, 0.2) is 0 Å². The lowest BCUT2D eigenvalue weighted by Gasteiger charge is -2.27. The third-order valence-corrected chi connectivity index (χ3v) is 5.09. The zero-order valence-corrected chi connectivity index (χ0v) is 14.3. The molecule has 3 rings (SSSR count). The minimum absolute atomic E-state index is 0.364. The van der Waals surface area contributed by atoms with Gasteiger partial charge in [-0.15, -0.1) is 0 Å². The van der Waals surface area contributed by atoms with E-state index in [1.165, 1.54) is 22.4 Å². The second kappa shape index (κ2) is 6.04. The SMILES string of the molecule is Clc1ccc(C2CC/C(=N\I)c3ccccc32)cc1Cl. The number of benzene rings is 2. The lowest BCUT2D eigenvalue weighted by molar-refractivity contribution is 0.724. The topological polar surface area (TPSA) is 12.4 Å². The summed E-state index contributed by atoms with van der Waals surface area (Å²) in [5.41, 5.74) is 4.98. The van der Waals surface area contributed by atoms with E-state index in [0.29, 0.717) is 16.0 Å². The maximum atomic E-state index is 6.16. The van der Waals surface area contributed by atoms with Crippen LogP contribution in [0.1, 0.15) is 35.4 Å². The molecule has 0 saturated carbocycles. The first-order valence-electron chi connectivity index (χ1n) is 6.43. The molecule has 0 saturated heterocycles. The molecule has 2 aromatic carbocycles. The van der Waals surface area contributed by atoms with Gasteiger partial charge in [-0.25, -0.2) is 3.21 Å². The third kappa shape index (κ3) is 2.61. The fraction of sp³-hybridized carbons (Fsp3) is 0.188. The number of fused-ring (bicyclic) bond motifs is 1. The zero-order valence-electron chi connectivity index (χ0n) is 10.6. The van der Waals surface area contributed by atoms with Crippen molar-refractivity contribution < 1.29 is 0 Å². The maximum Gasteiger partial charge on any atom is 0.0834 e. The molecule has 0 spiro atoms. The quantitative estimate of drug-likeness (QED) is 0.502. The highest BCUT2D eigenvalue weighted by atomic mass is 127. The summed E-state index contributed by atoms with van der Waals surface area (Å²) in [6.45, 7) is 0. The molecule has 1 aliphatic carbocycles. The minimum atomic E-state index is 0.364. The van der Waals surface area contributed by atoms with Gasteiger partial charge in [0, 0.05) is 11.5 Å². The number of hydrogen-bond donors (Lipinski definition) is 0. The Morgan fingerprint density at radius 2 is 1.85 bits per heavy atom. The van der Waals surface area contributed by atoms with Crippen LogP contribution in [0.2, 0.25) is 10.0 Å². The summed E-state index contributed by atoms with van der Waals surface area (Å²) in [5, 5.41) is 1.23. The van der Waals surface area contributed by atoms with Crippen molar-refractivity contribution in [2.45, 2.75) is 18.8 Å². The van der Waals surface area contributed by atoms with Gasteiger partial charge < -0.3 is 0 Å². The Morgan fingerprint density at radius 1 is 1.05 bits per heavy atom. The van der Waals surface area contributed by atoms with Crippen LogP contribution in [0.5, 0.6) is 0 Å². The van der Waals surface area contributed by atoms with Crippen molar-refractivity contribution in [3.8, 4) is 0 Å². The summed E-state index contributed by atoms with van der Waals surface area (Å²) >= 11 is 14.3. The first-order valence-corrected chi connectivity index (χ1v) is 8.15. The first-order chi connectivity index (χ1) is 9.70. The Balaban J connectivity index is 2.09. The molecule has 1 aliphatic rings. The fourth-order valence-corrected chi connectivity index (χ4v) is 3.61. The van der Waals surface area contributed by atoms with Crippen LogP contribution in [0.15, 0.2) is 45.7 Å². The van der Waals surface area contributed by atoms with Gasteiger partial charge in [-0.3, -0.25) is 0 Å². The predicted molar refractivity (Wildman–Crippen MR) is 94.5 cm³/mol. The smallest absolute Gasteiger partial charge is 0.0834 e. The second-order valence-electron chi connectivity index (χ2n) is 4.88. The Kier molecular flexibility index (Phi) is 4.34. The summed E-state index contributed by atoms with van der Waals surface area (Å²) in [6, 6.07) is 14.4. The number of nitrogens with zero attached hydrogens (tertiary/aromatic N) is 1. The van der Waals surface area contributed by atoms with Crippen molar-refractivity contribution in [3.63, 3.8) is 0 Å². The molecule has 4 heteroatoms. The minimum Gasteiger partial charge on any atom is -0.219 e. The van der Waals surface area contributed by atoms with E-state index in [9.17, 15) is 0 Å². The van der Waals surface area contributed by atoms with E-state index >= 15 is 0 Å². The molecular formula is C16H12Cl2IN. The van der Waals surface area contributed by atoms with Crippen molar-refractivity contribution in [1.82, 2.24) is 0 Å². The van der Waals surface area contributed by atoms with Gasteiger partial charge in [-0.05, 0) is 36.1 Å². The molecule has 1 atom stereocenters. The molecule has 0 radical (unpaired) electrons. The fourth-order valence-electron chi connectivity index (χ4n) is 2.80. The Morgan fingerprint density at radius 3 is 2.60 bits per heavy atom. The third-order valence-electron chi connectivity index (χ3n) is 3.76. The Hall–Kier alpha value is -0.580. The highest BCUT2D eigenvalue weighted by Gasteiger charge is 2.25. The largest absolute Gasteiger partial charge is 0.219 e. The second-order valence-corrected chi connectivity index (χ2v) is 6.18. The number of hydrogen-bond acceptors (Lipinski definition) is 1. The van der Waals surface area contributed by atoms with Crippen LogP contribution in [0.3, 0.4) is 0 Å². The van der Waals surface area contributed by atoms with E-state index in [1.807, 2.05) is 12.1 Å². The van der Waals surface area contributed by atoms with Crippen molar-refractivity contribution in [3.05, 3.63) is 69.2 Å². The van der Waals surface area contributed by atoms with Gasteiger partial charge in [-0.2, -0.15) is 0 Å².